The van der Waals surface area contributed by atoms with Crippen molar-refractivity contribution in [2.24, 2.45) is 24.6 Å². The number of benzene rings is 1. The van der Waals surface area contributed by atoms with Crippen molar-refractivity contribution in [3.05, 3.63) is 52.7 Å². The first-order valence-corrected chi connectivity index (χ1v) is 15.9. The lowest BCUT2D eigenvalue weighted by Gasteiger charge is -2.36. The molecule has 0 spiro atoms. The van der Waals surface area contributed by atoms with E-state index < -0.39 is 17.8 Å². The number of anilines is 1. The maximum Gasteiger partial charge on any atom is 0.435 e. The first-order chi connectivity index (χ1) is 21.9. The molecule has 3 fully saturated rings. The maximum atomic E-state index is 13.9. The number of amides is 3. The van der Waals surface area contributed by atoms with E-state index in [2.05, 4.69) is 15.4 Å². The van der Waals surface area contributed by atoms with Gasteiger partial charge < -0.3 is 25.4 Å². The molecule has 2 aliphatic carbocycles. The van der Waals surface area contributed by atoms with Crippen LogP contribution in [0.4, 0.5) is 18.9 Å². The molecular weight excluding hydrogens is 660 g/mol. The van der Waals surface area contributed by atoms with Crippen LogP contribution in [0.25, 0.3) is 11.3 Å². The van der Waals surface area contributed by atoms with Gasteiger partial charge in [0.15, 0.2) is 11.5 Å². The Morgan fingerprint density at radius 3 is 2.36 bits per heavy atom. The van der Waals surface area contributed by atoms with Crippen LogP contribution in [0.1, 0.15) is 65.2 Å². The van der Waals surface area contributed by atoms with Crippen LogP contribution < -0.4 is 11.1 Å². The first-order valence-electron chi connectivity index (χ1n) is 15.5. The predicted molar refractivity (Wildman–Crippen MR) is 171 cm³/mol. The minimum absolute atomic E-state index is 0. The Kier molecular flexibility index (Phi) is 10.2. The molecule has 1 saturated heterocycles. The van der Waals surface area contributed by atoms with Crippen molar-refractivity contribution in [2.75, 3.05) is 31.5 Å². The fourth-order valence-electron chi connectivity index (χ4n) is 6.47. The summed E-state index contributed by atoms with van der Waals surface area (Å²) in [5, 5.41) is 6.60. The molecule has 3 heterocycles. The van der Waals surface area contributed by atoms with E-state index in [9.17, 15) is 27.6 Å². The number of hydrogen-bond donors (Lipinski definition) is 2. The van der Waals surface area contributed by atoms with Crippen LogP contribution in [-0.2, 0) is 24.6 Å². The van der Waals surface area contributed by atoms with Gasteiger partial charge in [-0.3, -0.25) is 19.1 Å². The third kappa shape index (κ3) is 7.29. The van der Waals surface area contributed by atoms with E-state index in [0.29, 0.717) is 45.1 Å². The van der Waals surface area contributed by atoms with E-state index in [1.54, 1.807) is 9.80 Å². The van der Waals surface area contributed by atoms with E-state index in [0.717, 1.165) is 32.1 Å². The number of halogens is 5. The monoisotopic (exact) mass is 696 g/mol. The minimum atomic E-state index is -4.68. The van der Waals surface area contributed by atoms with E-state index >= 15 is 0 Å². The molecule has 3 aromatic rings. The average molecular weight is 698 g/mol. The lowest BCUT2D eigenvalue weighted by Crippen LogP contribution is -2.51. The van der Waals surface area contributed by atoms with Crippen molar-refractivity contribution in [1.29, 1.82) is 0 Å². The van der Waals surface area contributed by atoms with Gasteiger partial charge in [0, 0.05) is 63.6 Å². The lowest BCUT2D eigenvalue weighted by molar-refractivity contribution is -0.141. The minimum Gasteiger partial charge on any atom is -0.339 e. The number of imidazole rings is 1. The Balaban J connectivity index is 0.00000433. The average Bonchev–Trinajstić information content (AvgIpc) is 3.72. The molecular formula is C31H37Cl2F3N8O3. The summed E-state index contributed by atoms with van der Waals surface area (Å²) in [7, 11) is 1.46. The fourth-order valence-corrected chi connectivity index (χ4v) is 6.74. The molecule has 47 heavy (non-hydrogen) atoms. The molecule has 6 rings (SSSR count). The number of nitrogens with zero attached hydrogens (tertiary/aromatic N) is 6. The second kappa shape index (κ2) is 13.9. The summed E-state index contributed by atoms with van der Waals surface area (Å²) in [6, 6.07) is 4.53. The summed E-state index contributed by atoms with van der Waals surface area (Å²) < 4.78 is 44.3. The molecule has 0 bridgehead atoms. The van der Waals surface area contributed by atoms with Crippen LogP contribution in [0.5, 0.6) is 0 Å². The van der Waals surface area contributed by atoms with Gasteiger partial charge in [0.05, 0.1) is 28.0 Å². The van der Waals surface area contributed by atoms with Gasteiger partial charge in [-0.15, -0.1) is 12.4 Å². The molecule has 0 radical (unpaired) electrons. The predicted octanol–water partition coefficient (Wildman–Crippen LogP) is 4.84. The molecule has 3 N–H and O–H groups in total. The van der Waals surface area contributed by atoms with Crippen LogP contribution in [-0.4, -0.2) is 79.1 Å². The quantitative estimate of drug-likeness (QED) is 0.364. The van der Waals surface area contributed by atoms with Gasteiger partial charge in [-0.25, -0.2) is 4.98 Å². The highest BCUT2D eigenvalue weighted by Crippen LogP contribution is 2.37. The van der Waals surface area contributed by atoms with E-state index in [4.69, 9.17) is 17.3 Å². The molecule has 16 heteroatoms. The molecule has 1 aromatic carbocycles. The zero-order chi connectivity index (χ0) is 32.7. The van der Waals surface area contributed by atoms with Gasteiger partial charge in [0.2, 0.25) is 5.91 Å². The summed E-state index contributed by atoms with van der Waals surface area (Å²) >= 11 is 6.47. The highest BCUT2D eigenvalue weighted by Gasteiger charge is 2.39. The van der Waals surface area contributed by atoms with Crippen LogP contribution in [0, 0.1) is 11.8 Å². The van der Waals surface area contributed by atoms with Crippen molar-refractivity contribution in [3.63, 3.8) is 0 Å². The zero-order valence-corrected chi connectivity index (χ0v) is 27.4. The Bertz CT molecular complexity index is 1650. The van der Waals surface area contributed by atoms with Gasteiger partial charge in [0.1, 0.15) is 0 Å². The largest absolute Gasteiger partial charge is 0.435 e. The number of nitrogens with two attached hydrogens (primary N) is 1. The molecule has 2 saturated carbocycles. The molecule has 1 aliphatic heterocycles. The number of alkyl halides is 3. The highest BCUT2D eigenvalue weighted by molar-refractivity contribution is 6.34. The topological polar surface area (TPSA) is 131 Å². The van der Waals surface area contributed by atoms with Crippen LogP contribution in [0.3, 0.4) is 0 Å². The van der Waals surface area contributed by atoms with E-state index in [1.165, 1.54) is 46.9 Å². The molecule has 3 amide bonds. The zero-order valence-electron chi connectivity index (χ0n) is 25.8. The molecule has 11 nitrogen and oxygen atoms in total. The Morgan fingerprint density at radius 1 is 1.06 bits per heavy atom. The number of nitrogens with one attached hydrogen (secondary N) is 1. The van der Waals surface area contributed by atoms with Gasteiger partial charge in [-0.1, -0.05) is 18.0 Å². The Labute approximate surface area is 281 Å². The third-order valence-corrected chi connectivity index (χ3v) is 9.64. The summed E-state index contributed by atoms with van der Waals surface area (Å²) in [5.74, 6) is -0.716. The maximum absolute atomic E-state index is 13.9. The summed E-state index contributed by atoms with van der Waals surface area (Å²) in [6.07, 6.45) is 3.22. The van der Waals surface area contributed by atoms with Crippen molar-refractivity contribution in [1.82, 2.24) is 29.1 Å². The van der Waals surface area contributed by atoms with E-state index in [1.807, 2.05) is 0 Å². The number of rotatable bonds is 7. The SMILES string of the molecule is Cl.Cn1c(-c2cn(CC3CCC3)nc2C(F)(F)F)cnc1C(=O)Nc1ccc(C(=O)N2CCN(C(=O)[C@H]3CC[C@@H](N)C3)CC2)c(Cl)c1. The second-order valence-electron chi connectivity index (χ2n) is 12.5. The molecule has 3 aliphatic rings. The summed E-state index contributed by atoms with van der Waals surface area (Å²) in [4.78, 5) is 46.8. The molecule has 254 valence electrons. The van der Waals surface area contributed by atoms with Gasteiger partial charge >= 0.3 is 6.18 Å². The first kappa shape index (κ1) is 34.7. The van der Waals surface area contributed by atoms with E-state index in [-0.39, 0.29) is 69.5 Å². The van der Waals surface area contributed by atoms with Crippen LogP contribution in [0.2, 0.25) is 5.02 Å². The van der Waals surface area contributed by atoms with Gasteiger partial charge in [-0.05, 0) is 56.2 Å². The van der Waals surface area contributed by atoms with Crippen molar-refractivity contribution >= 4 is 47.4 Å². The van der Waals surface area contributed by atoms with Crippen LogP contribution in [0.15, 0.2) is 30.6 Å². The smallest absolute Gasteiger partial charge is 0.339 e. The van der Waals surface area contributed by atoms with Gasteiger partial charge in [-0.2, -0.15) is 18.3 Å². The van der Waals surface area contributed by atoms with Crippen molar-refractivity contribution in [2.45, 2.75) is 57.3 Å². The molecule has 2 atom stereocenters. The second-order valence-corrected chi connectivity index (χ2v) is 12.9. The van der Waals surface area contributed by atoms with Gasteiger partial charge in [0.25, 0.3) is 11.8 Å². The summed E-state index contributed by atoms with van der Waals surface area (Å²) in [5.41, 5.74) is 5.42. The fraction of sp³-hybridized carbons (Fsp3) is 0.516. The normalized spacial score (nSPS) is 20.1. The van der Waals surface area contributed by atoms with Crippen LogP contribution >= 0.6 is 24.0 Å². The third-order valence-electron chi connectivity index (χ3n) is 9.33. The Morgan fingerprint density at radius 2 is 1.77 bits per heavy atom. The highest BCUT2D eigenvalue weighted by atomic mass is 35.5. The number of piperazine rings is 1. The number of carbonyl (C=O) groups is 3. The van der Waals surface area contributed by atoms with Crippen molar-refractivity contribution < 1.29 is 27.6 Å². The van der Waals surface area contributed by atoms with Crippen molar-refractivity contribution in [3.8, 4) is 11.3 Å². The lowest BCUT2D eigenvalue weighted by atomic mass is 9.85. The summed E-state index contributed by atoms with van der Waals surface area (Å²) in [6.45, 7) is 2.00. The standard InChI is InChI=1S/C31H36ClF3N8O3.ClH/c1-40-25(23-17-43(16-18-3-2-4-18)39-26(23)31(33,34)35)15-37-27(40)28(44)38-21-7-8-22(24(32)14-21)30(46)42-11-9-41(10-12-42)29(45)19-5-6-20(36)13-19;/h7-8,14-15,17-20H,2-6,9-13,16,36H2,1H3,(H,38,44);1H/t19-,20+;/m0./s1. The Hall–Kier alpha value is -3.62. The number of hydrogen-bond acceptors (Lipinski definition) is 6. The number of carbonyl (C=O) groups excluding carboxylic acids is 3. The number of aromatic nitrogens is 4. The molecule has 2 aromatic heterocycles. The molecule has 0 unspecified atom stereocenters.